The Bertz CT molecular complexity index is 428. The average molecular weight is 250 g/mol. The molecule has 0 heterocycles. The first-order valence-electron chi connectivity index (χ1n) is 6.15. The monoisotopic (exact) mass is 250 g/mol. The third-order valence-electron chi connectivity index (χ3n) is 2.98. The van der Waals surface area contributed by atoms with Gasteiger partial charge in [0.25, 0.3) is 0 Å². The Morgan fingerprint density at radius 3 is 2.72 bits per heavy atom. The molecule has 0 saturated carbocycles. The highest BCUT2D eigenvalue weighted by Crippen LogP contribution is 2.23. The third-order valence-corrected chi connectivity index (χ3v) is 2.98. The van der Waals surface area contributed by atoms with Crippen molar-refractivity contribution < 1.29 is 9.53 Å². The molecule has 4 nitrogen and oxygen atoms in total. The van der Waals surface area contributed by atoms with Crippen LogP contribution in [0.2, 0.25) is 0 Å². The number of nitrogens with one attached hydrogen (secondary N) is 1. The molecule has 0 bridgehead atoms. The van der Waals surface area contributed by atoms with Gasteiger partial charge in [-0.15, -0.1) is 0 Å². The fourth-order valence-corrected chi connectivity index (χ4v) is 1.76. The van der Waals surface area contributed by atoms with E-state index in [0.29, 0.717) is 12.2 Å². The number of carbonyl (C=O) groups is 1. The van der Waals surface area contributed by atoms with Gasteiger partial charge in [0.05, 0.1) is 12.6 Å². The number of rotatable bonds is 5. The molecule has 0 radical (unpaired) electrons. The second-order valence-corrected chi connectivity index (χ2v) is 4.80. The summed E-state index contributed by atoms with van der Waals surface area (Å²) in [5.41, 5.74) is 6.88. The lowest BCUT2D eigenvalue weighted by atomic mass is 9.96. The summed E-state index contributed by atoms with van der Waals surface area (Å²) in [5.74, 6) is 0.547. The van der Waals surface area contributed by atoms with Gasteiger partial charge in [-0.1, -0.05) is 19.4 Å². The SMILES string of the molecule is CCCC(C)(N)C(=O)Nc1cc(OC)ccc1C. The average Bonchev–Trinajstić information content (AvgIpc) is 2.31. The number of ether oxygens (including phenoxy) is 1. The van der Waals surface area contributed by atoms with Gasteiger partial charge < -0.3 is 15.8 Å². The molecule has 3 N–H and O–H groups in total. The molecular formula is C14H22N2O2. The van der Waals surface area contributed by atoms with Crippen LogP contribution in [0.5, 0.6) is 5.75 Å². The second kappa shape index (κ2) is 5.87. The second-order valence-electron chi connectivity index (χ2n) is 4.80. The summed E-state index contributed by atoms with van der Waals surface area (Å²) in [6, 6.07) is 5.57. The van der Waals surface area contributed by atoms with Gasteiger partial charge in [0, 0.05) is 11.8 Å². The molecule has 100 valence electrons. The van der Waals surface area contributed by atoms with Gasteiger partial charge in [-0.2, -0.15) is 0 Å². The Kier molecular flexibility index (Phi) is 4.73. The van der Waals surface area contributed by atoms with Crippen LogP contribution in [0, 0.1) is 6.92 Å². The molecule has 0 aromatic heterocycles. The van der Waals surface area contributed by atoms with Gasteiger partial charge in [0.1, 0.15) is 5.75 Å². The lowest BCUT2D eigenvalue weighted by Gasteiger charge is -2.23. The quantitative estimate of drug-likeness (QED) is 0.843. The predicted molar refractivity (Wildman–Crippen MR) is 73.9 cm³/mol. The van der Waals surface area contributed by atoms with Crippen molar-refractivity contribution in [3.05, 3.63) is 23.8 Å². The third kappa shape index (κ3) is 3.47. The van der Waals surface area contributed by atoms with E-state index in [4.69, 9.17) is 10.5 Å². The van der Waals surface area contributed by atoms with Crippen molar-refractivity contribution in [3.63, 3.8) is 0 Å². The summed E-state index contributed by atoms with van der Waals surface area (Å²) < 4.78 is 5.14. The van der Waals surface area contributed by atoms with Gasteiger partial charge in [0.2, 0.25) is 5.91 Å². The molecule has 18 heavy (non-hydrogen) atoms. The normalized spacial score (nSPS) is 13.8. The zero-order chi connectivity index (χ0) is 13.8. The Morgan fingerprint density at radius 1 is 1.50 bits per heavy atom. The maximum absolute atomic E-state index is 12.1. The number of nitrogens with two attached hydrogens (primary N) is 1. The van der Waals surface area contributed by atoms with Crippen LogP contribution >= 0.6 is 0 Å². The van der Waals surface area contributed by atoms with Crippen LogP contribution in [0.25, 0.3) is 0 Å². The number of benzene rings is 1. The lowest BCUT2D eigenvalue weighted by Crippen LogP contribution is -2.48. The number of methoxy groups -OCH3 is 1. The number of hydrogen-bond donors (Lipinski definition) is 2. The summed E-state index contributed by atoms with van der Waals surface area (Å²) in [6.45, 7) is 5.69. The summed E-state index contributed by atoms with van der Waals surface area (Å²) in [6.07, 6.45) is 1.53. The fraction of sp³-hybridized carbons (Fsp3) is 0.500. The molecule has 1 aromatic rings. The topological polar surface area (TPSA) is 64.4 Å². The van der Waals surface area contributed by atoms with E-state index >= 15 is 0 Å². The minimum Gasteiger partial charge on any atom is -0.497 e. The van der Waals surface area contributed by atoms with Crippen LogP contribution in [0.15, 0.2) is 18.2 Å². The van der Waals surface area contributed by atoms with E-state index in [9.17, 15) is 4.79 Å². The van der Waals surface area contributed by atoms with Crippen molar-refractivity contribution >= 4 is 11.6 Å². The Morgan fingerprint density at radius 2 is 2.17 bits per heavy atom. The van der Waals surface area contributed by atoms with Crippen molar-refractivity contribution in [1.82, 2.24) is 0 Å². The summed E-state index contributed by atoms with van der Waals surface area (Å²) in [4.78, 5) is 12.1. The van der Waals surface area contributed by atoms with Crippen molar-refractivity contribution in [1.29, 1.82) is 0 Å². The van der Waals surface area contributed by atoms with Crippen molar-refractivity contribution in [2.75, 3.05) is 12.4 Å². The van der Waals surface area contributed by atoms with Crippen molar-refractivity contribution in [2.45, 2.75) is 39.2 Å². The van der Waals surface area contributed by atoms with Crippen molar-refractivity contribution in [2.24, 2.45) is 5.73 Å². The van der Waals surface area contributed by atoms with E-state index in [-0.39, 0.29) is 5.91 Å². The first kappa shape index (κ1) is 14.5. The van der Waals surface area contributed by atoms with Gasteiger partial charge in [-0.3, -0.25) is 4.79 Å². The first-order valence-corrected chi connectivity index (χ1v) is 6.15. The summed E-state index contributed by atoms with van der Waals surface area (Å²) >= 11 is 0. The van der Waals surface area contributed by atoms with Crippen LogP contribution in [-0.2, 0) is 4.79 Å². The standard InChI is InChI=1S/C14H22N2O2/c1-5-8-14(3,15)13(17)16-12-9-11(18-4)7-6-10(12)2/h6-7,9H,5,8,15H2,1-4H3,(H,16,17). The van der Waals surface area contributed by atoms with E-state index < -0.39 is 5.54 Å². The molecule has 4 heteroatoms. The maximum Gasteiger partial charge on any atom is 0.244 e. The lowest BCUT2D eigenvalue weighted by molar-refractivity contribution is -0.120. The number of carbonyl (C=O) groups excluding carboxylic acids is 1. The van der Waals surface area contributed by atoms with Crippen LogP contribution in [0.3, 0.4) is 0 Å². The molecule has 0 aliphatic rings. The maximum atomic E-state index is 12.1. The largest absolute Gasteiger partial charge is 0.497 e. The van der Waals surface area contributed by atoms with Gasteiger partial charge >= 0.3 is 0 Å². The Labute approximate surface area is 109 Å². The first-order chi connectivity index (χ1) is 8.40. The molecule has 1 unspecified atom stereocenters. The number of hydrogen-bond acceptors (Lipinski definition) is 3. The molecule has 1 rings (SSSR count). The summed E-state index contributed by atoms with van der Waals surface area (Å²) in [7, 11) is 1.60. The molecule has 0 saturated heterocycles. The zero-order valence-corrected chi connectivity index (χ0v) is 11.5. The highest BCUT2D eigenvalue weighted by Gasteiger charge is 2.27. The highest BCUT2D eigenvalue weighted by molar-refractivity contribution is 5.98. The fourth-order valence-electron chi connectivity index (χ4n) is 1.76. The minimum atomic E-state index is -0.843. The van der Waals surface area contributed by atoms with Crippen LogP contribution < -0.4 is 15.8 Å². The molecule has 0 spiro atoms. The molecule has 0 aliphatic heterocycles. The summed E-state index contributed by atoms with van der Waals surface area (Å²) in [5, 5.41) is 2.87. The molecule has 0 aliphatic carbocycles. The zero-order valence-electron chi connectivity index (χ0n) is 11.5. The molecular weight excluding hydrogens is 228 g/mol. The van der Waals surface area contributed by atoms with E-state index in [1.807, 2.05) is 26.0 Å². The van der Waals surface area contributed by atoms with Crippen LogP contribution in [0.1, 0.15) is 32.3 Å². The van der Waals surface area contributed by atoms with Gasteiger partial charge in [0.15, 0.2) is 0 Å². The van der Waals surface area contributed by atoms with Crippen LogP contribution in [0.4, 0.5) is 5.69 Å². The number of amides is 1. The highest BCUT2D eigenvalue weighted by atomic mass is 16.5. The number of aryl methyl sites for hydroxylation is 1. The van der Waals surface area contributed by atoms with E-state index in [2.05, 4.69) is 5.32 Å². The predicted octanol–water partition coefficient (Wildman–Crippen LogP) is 2.46. The van der Waals surface area contributed by atoms with E-state index in [1.54, 1.807) is 20.1 Å². The Balaban J connectivity index is 2.87. The van der Waals surface area contributed by atoms with Crippen molar-refractivity contribution in [3.8, 4) is 5.75 Å². The molecule has 1 aromatic carbocycles. The van der Waals surface area contributed by atoms with E-state index in [1.165, 1.54) is 0 Å². The molecule has 1 amide bonds. The number of anilines is 1. The van der Waals surface area contributed by atoms with Gasteiger partial charge in [-0.05, 0) is 31.9 Å². The van der Waals surface area contributed by atoms with Crippen LogP contribution in [-0.4, -0.2) is 18.6 Å². The van der Waals surface area contributed by atoms with Gasteiger partial charge in [-0.25, -0.2) is 0 Å². The molecule has 0 fully saturated rings. The Hall–Kier alpha value is -1.55. The molecule has 1 atom stereocenters. The smallest absolute Gasteiger partial charge is 0.244 e. The minimum absolute atomic E-state index is 0.166. The van der Waals surface area contributed by atoms with E-state index in [0.717, 1.165) is 17.7 Å².